The van der Waals surface area contributed by atoms with Crippen LogP contribution in [-0.2, 0) is 10.1 Å². The summed E-state index contributed by atoms with van der Waals surface area (Å²) in [6, 6.07) is 50.6. The number of nitrogens with zero attached hydrogens (tertiary/aromatic N) is 2. The quantitative estimate of drug-likeness (QED) is 0.116. The van der Waals surface area contributed by atoms with Crippen molar-refractivity contribution in [3.05, 3.63) is 164 Å². The molecule has 0 amide bonds. The first-order valence-electron chi connectivity index (χ1n) is 15.9. The Kier molecular flexibility index (Phi) is 7.88. The molecule has 0 saturated carbocycles. The molecule has 0 atom stereocenters. The fourth-order valence-electron chi connectivity index (χ4n) is 6.31. The average Bonchev–Trinajstić information content (AvgIpc) is 3.50. The van der Waals surface area contributed by atoms with Gasteiger partial charge >= 0.3 is 15.6 Å². The molecule has 0 radical (unpaired) electrons. The Labute approximate surface area is 291 Å². The van der Waals surface area contributed by atoms with E-state index >= 15 is 0 Å². The summed E-state index contributed by atoms with van der Waals surface area (Å²) in [5, 5.41) is 3.14. The van der Waals surface area contributed by atoms with E-state index in [-0.39, 0.29) is 5.58 Å². The lowest BCUT2D eigenvalue weighted by molar-refractivity contribution is -0.0500. The van der Waals surface area contributed by atoms with E-state index in [0.717, 1.165) is 27.8 Å². The third kappa shape index (κ3) is 6.00. The van der Waals surface area contributed by atoms with Gasteiger partial charge < -0.3 is 18.4 Å². The lowest BCUT2D eigenvalue weighted by Crippen LogP contribution is -2.28. The number of fused-ring (bicyclic) bond motifs is 4. The van der Waals surface area contributed by atoms with Crippen LogP contribution in [0.5, 0.6) is 5.75 Å². The van der Waals surface area contributed by atoms with Crippen LogP contribution in [0.15, 0.2) is 168 Å². The van der Waals surface area contributed by atoms with Crippen molar-refractivity contribution in [3.8, 4) is 5.75 Å². The first-order chi connectivity index (χ1) is 24.7. The largest absolute Gasteiger partial charge is 0.534 e. The highest BCUT2D eigenvalue weighted by Gasteiger charge is 2.48. The third-order valence-electron chi connectivity index (χ3n) is 8.53. The van der Waals surface area contributed by atoms with E-state index in [9.17, 15) is 21.6 Å². The van der Waals surface area contributed by atoms with Crippen LogP contribution < -0.4 is 14.0 Å². The van der Waals surface area contributed by atoms with Crippen LogP contribution in [0.4, 0.5) is 47.3 Å². The van der Waals surface area contributed by atoms with Gasteiger partial charge in [-0.1, -0.05) is 84.9 Å². The number of benzene rings is 7. The molecule has 0 aliphatic rings. The van der Waals surface area contributed by atoms with E-state index in [2.05, 4.69) is 4.90 Å². The molecule has 7 aromatic carbocycles. The molecule has 0 N–H and O–H groups in total. The van der Waals surface area contributed by atoms with Crippen molar-refractivity contribution in [2.45, 2.75) is 5.51 Å². The lowest BCUT2D eigenvalue weighted by atomic mass is 10.0. The number of anilines is 6. The van der Waals surface area contributed by atoms with E-state index in [1.54, 1.807) is 0 Å². The van der Waals surface area contributed by atoms with Crippen molar-refractivity contribution in [1.82, 2.24) is 0 Å². The van der Waals surface area contributed by atoms with Gasteiger partial charge in [0.15, 0.2) is 0 Å². The number of furan rings is 1. The number of hydrogen-bond donors (Lipinski definition) is 0. The fraction of sp³-hybridized carbons (Fsp3) is 0.0244. The first kappa shape index (κ1) is 32.0. The van der Waals surface area contributed by atoms with E-state index in [4.69, 9.17) is 8.60 Å². The zero-order valence-corrected chi connectivity index (χ0v) is 27.5. The monoisotopic (exact) mass is 700 g/mol. The molecule has 8 aromatic rings. The fourth-order valence-corrected chi connectivity index (χ4v) is 6.75. The molecular weight excluding hydrogens is 674 g/mol. The van der Waals surface area contributed by atoms with Crippen LogP contribution in [0, 0.1) is 0 Å². The SMILES string of the molecule is O=S(=O)(Oc1cc(N(c2ccccc2)c2ccc3ccccc3c2)c2c(c1)oc1cc(N(c3ccccc3)c3ccccc3)ccc12)C(F)(F)F. The van der Waals surface area contributed by atoms with Crippen LogP contribution in [0.1, 0.15) is 0 Å². The predicted octanol–water partition coefficient (Wildman–Crippen LogP) is 11.9. The molecule has 10 heteroatoms. The van der Waals surface area contributed by atoms with Gasteiger partial charge in [-0.05, 0) is 71.4 Å². The standard InChI is InChI=1S/C41H27F3N2O4S/c42-41(43,44)51(47,48)50-35-26-37(46(32-18-8-3-9-19-32)33-21-20-28-12-10-11-13-29(28)24-33)40-36-23-22-34(25-38(36)49-39(40)27-35)45(30-14-4-1-5-15-30)31-16-6-2-7-17-31/h1-27H. The number of para-hydroxylation sites is 3. The van der Waals surface area contributed by atoms with Crippen LogP contribution in [0.2, 0.25) is 0 Å². The van der Waals surface area contributed by atoms with Crippen molar-refractivity contribution in [1.29, 1.82) is 0 Å². The highest BCUT2D eigenvalue weighted by molar-refractivity contribution is 7.88. The second-order valence-corrected chi connectivity index (χ2v) is 13.3. The second kappa shape index (κ2) is 12.6. The molecule has 1 aromatic heterocycles. The van der Waals surface area contributed by atoms with Gasteiger partial charge in [0.25, 0.3) is 0 Å². The minimum Gasteiger partial charge on any atom is -0.456 e. The molecule has 1 heterocycles. The van der Waals surface area contributed by atoms with Crippen LogP contribution in [0.3, 0.4) is 0 Å². The summed E-state index contributed by atoms with van der Waals surface area (Å²) >= 11 is 0. The molecule has 252 valence electrons. The van der Waals surface area contributed by atoms with E-state index in [0.29, 0.717) is 33.4 Å². The minimum atomic E-state index is -6.00. The highest BCUT2D eigenvalue weighted by Crippen LogP contribution is 2.47. The smallest absolute Gasteiger partial charge is 0.456 e. The first-order valence-corrected chi connectivity index (χ1v) is 17.3. The summed E-state index contributed by atoms with van der Waals surface area (Å²) in [5.41, 5.74) is -0.776. The third-order valence-corrected chi connectivity index (χ3v) is 9.51. The van der Waals surface area contributed by atoms with E-state index in [1.165, 1.54) is 12.1 Å². The molecule has 0 bridgehead atoms. The van der Waals surface area contributed by atoms with Crippen LogP contribution >= 0.6 is 0 Å². The molecule has 6 nitrogen and oxygen atoms in total. The highest BCUT2D eigenvalue weighted by atomic mass is 32.2. The molecular formula is C41H27F3N2O4S. The second-order valence-electron chi connectivity index (χ2n) is 11.8. The Morgan fingerprint density at radius 1 is 0.510 bits per heavy atom. The van der Waals surface area contributed by atoms with Gasteiger partial charge in [0.05, 0.1) is 11.1 Å². The van der Waals surface area contributed by atoms with Crippen molar-refractivity contribution in [2.24, 2.45) is 0 Å². The number of alkyl halides is 3. The molecule has 51 heavy (non-hydrogen) atoms. The van der Waals surface area contributed by atoms with E-state index < -0.39 is 21.4 Å². The van der Waals surface area contributed by atoms with Gasteiger partial charge in [0, 0.05) is 52.0 Å². The number of hydrogen-bond acceptors (Lipinski definition) is 6. The van der Waals surface area contributed by atoms with Crippen molar-refractivity contribution < 1.29 is 30.2 Å². The maximum atomic E-state index is 13.6. The Bertz CT molecular complexity index is 2590. The molecule has 0 spiro atoms. The van der Waals surface area contributed by atoms with Gasteiger partial charge in [0.1, 0.15) is 16.9 Å². The summed E-state index contributed by atoms with van der Waals surface area (Å²) in [5.74, 6) is -0.550. The Balaban J connectivity index is 1.39. The summed E-state index contributed by atoms with van der Waals surface area (Å²) < 4.78 is 76.5. The molecule has 0 unspecified atom stereocenters. The average molecular weight is 701 g/mol. The normalized spacial score (nSPS) is 12.0. The summed E-state index contributed by atoms with van der Waals surface area (Å²) in [6.07, 6.45) is 0. The zero-order chi connectivity index (χ0) is 35.2. The lowest BCUT2D eigenvalue weighted by Gasteiger charge is -2.27. The maximum Gasteiger partial charge on any atom is 0.534 e. The molecule has 8 rings (SSSR count). The Hall–Kier alpha value is -6.26. The van der Waals surface area contributed by atoms with Crippen molar-refractivity contribution in [2.75, 3.05) is 9.80 Å². The number of halogens is 3. The van der Waals surface area contributed by atoms with Gasteiger partial charge in [-0.25, -0.2) is 0 Å². The summed E-state index contributed by atoms with van der Waals surface area (Å²) in [6.45, 7) is 0. The molecule has 0 fully saturated rings. The van der Waals surface area contributed by atoms with Gasteiger partial charge in [-0.15, -0.1) is 0 Å². The van der Waals surface area contributed by atoms with Gasteiger partial charge in [0.2, 0.25) is 0 Å². The number of rotatable bonds is 8. The van der Waals surface area contributed by atoms with Gasteiger partial charge in [-0.3, -0.25) is 0 Å². The Morgan fingerprint density at radius 2 is 1.04 bits per heavy atom. The van der Waals surface area contributed by atoms with Crippen molar-refractivity contribution in [3.63, 3.8) is 0 Å². The van der Waals surface area contributed by atoms with Gasteiger partial charge in [-0.2, -0.15) is 21.6 Å². The summed E-state index contributed by atoms with van der Waals surface area (Å²) in [7, 11) is -6.00. The van der Waals surface area contributed by atoms with Crippen LogP contribution in [0.25, 0.3) is 32.7 Å². The van der Waals surface area contributed by atoms with Crippen LogP contribution in [-0.4, -0.2) is 13.9 Å². The Morgan fingerprint density at radius 3 is 1.65 bits per heavy atom. The maximum absolute atomic E-state index is 13.6. The van der Waals surface area contributed by atoms with E-state index in [1.807, 2.05) is 157 Å². The molecule has 0 saturated heterocycles. The zero-order valence-electron chi connectivity index (χ0n) is 26.7. The molecule has 0 aliphatic carbocycles. The molecule has 0 aliphatic heterocycles. The summed E-state index contributed by atoms with van der Waals surface area (Å²) in [4.78, 5) is 3.91. The van der Waals surface area contributed by atoms with Crippen molar-refractivity contribution >= 4 is 77.0 Å². The topological polar surface area (TPSA) is 63.0 Å². The minimum absolute atomic E-state index is 0.139. The predicted molar refractivity (Wildman–Crippen MR) is 196 cm³/mol.